The van der Waals surface area contributed by atoms with E-state index >= 15 is 0 Å². The molecule has 21 heavy (non-hydrogen) atoms. The number of hydrogen-bond donors (Lipinski definition) is 0. The zero-order valence-electron chi connectivity index (χ0n) is 15.8. The van der Waals surface area contributed by atoms with E-state index in [9.17, 15) is 0 Å². The minimum atomic E-state index is 0.482. The maximum absolute atomic E-state index is 2.81. The first-order valence-corrected chi connectivity index (χ1v) is 9.95. The second kappa shape index (κ2) is 13.6. The SMILES string of the molecule is CCCCCCCCCC(CC)(CC)N(CCC)CCC. The Bertz CT molecular complexity index is 202. The average Bonchev–Trinajstić information content (AvgIpc) is 2.51. The second-order valence-corrected chi connectivity index (χ2v) is 6.79. The Morgan fingerprint density at radius 3 is 1.48 bits per heavy atom. The van der Waals surface area contributed by atoms with Crippen LogP contribution in [0.4, 0.5) is 0 Å². The molecule has 0 aliphatic heterocycles. The monoisotopic (exact) mass is 297 g/mol. The van der Waals surface area contributed by atoms with Gasteiger partial charge >= 0.3 is 0 Å². The standard InChI is InChI=1S/C20H43N/c1-6-11-12-13-14-15-16-17-20(9-4,10-5)21(18-7-2)19-8-3/h6-19H2,1-5H3. The molecule has 0 aliphatic carbocycles. The molecule has 0 aromatic heterocycles. The molecule has 0 spiro atoms. The van der Waals surface area contributed by atoms with Crippen LogP contribution in [-0.4, -0.2) is 23.5 Å². The van der Waals surface area contributed by atoms with Crippen molar-refractivity contribution in [3.8, 4) is 0 Å². The fraction of sp³-hybridized carbons (Fsp3) is 1.00. The third-order valence-electron chi connectivity index (χ3n) is 5.22. The lowest BCUT2D eigenvalue weighted by Gasteiger charge is -2.44. The summed E-state index contributed by atoms with van der Waals surface area (Å²) < 4.78 is 0. The molecule has 128 valence electrons. The van der Waals surface area contributed by atoms with Gasteiger partial charge in [-0.1, -0.05) is 79.6 Å². The third kappa shape index (κ3) is 8.24. The molecule has 0 saturated carbocycles. The van der Waals surface area contributed by atoms with E-state index in [1.54, 1.807) is 0 Å². The molecule has 0 aromatic rings. The number of nitrogens with zero attached hydrogens (tertiary/aromatic N) is 1. The summed E-state index contributed by atoms with van der Waals surface area (Å²) in [4.78, 5) is 2.81. The van der Waals surface area contributed by atoms with Gasteiger partial charge in [-0.3, -0.25) is 4.90 Å². The quantitative estimate of drug-likeness (QED) is 0.300. The molecule has 0 atom stereocenters. The van der Waals surface area contributed by atoms with E-state index < -0.39 is 0 Å². The predicted molar refractivity (Wildman–Crippen MR) is 98.1 cm³/mol. The molecule has 0 aromatic carbocycles. The summed E-state index contributed by atoms with van der Waals surface area (Å²) in [7, 11) is 0. The minimum Gasteiger partial charge on any atom is -0.298 e. The van der Waals surface area contributed by atoms with Crippen LogP contribution < -0.4 is 0 Å². The summed E-state index contributed by atoms with van der Waals surface area (Å²) >= 11 is 0. The molecule has 0 amide bonds. The third-order valence-corrected chi connectivity index (χ3v) is 5.22. The van der Waals surface area contributed by atoms with Crippen molar-refractivity contribution >= 4 is 0 Å². The molecule has 1 heteroatoms. The van der Waals surface area contributed by atoms with Crippen molar-refractivity contribution < 1.29 is 0 Å². The van der Waals surface area contributed by atoms with Gasteiger partial charge in [0.15, 0.2) is 0 Å². The van der Waals surface area contributed by atoms with Crippen LogP contribution in [0, 0.1) is 0 Å². The van der Waals surface area contributed by atoms with Crippen LogP contribution >= 0.6 is 0 Å². The van der Waals surface area contributed by atoms with Gasteiger partial charge in [0.2, 0.25) is 0 Å². The van der Waals surface area contributed by atoms with Crippen molar-refractivity contribution in [1.29, 1.82) is 0 Å². The molecule has 1 nitrogen and oxygen atoms in total. The van der Waals surface area contributed by atoms with Gasteiger partial charge in [0.25, 0.3) is 0 Å². The van der Waals surface area contributed by atoms with Crippen LogP contribution in [0.2, 0.25) is 0 Å². The molecule has 0 N–H and O–H groups in total. The second-order valence-electron chi connectivity index (χ2n) is 6.79. The minimum absolute atomic E-state index is 0.482. The summed E-state index contributed by atoms with van der Waals surface area (Å²) in [6, 6.07) is 0. The maximum Gasteiger partial charge on any atom is 0.0204 e. The molecular formula is C20H43N. The van der Waals surface area contributed by atoms with Gasteiger partial charge in [-0.25, -0.2) is 0 Å². The maximum atomic E-state index is 2.81. The normalized spacial score (nSPS) is 12.3. The fourth-order valence-corrected chi connectivity index (χ4v) is 3.75. The Morgan fingerprint density at radius 2 is 1.05 bits per heavy atom. The summed E-state index contributed by atoms with van der Waals surface area (Å²) in [5, 5.41) is 0. The molecule has 0 aliphatic rings. The van der Waals surface area contributed by atoms with Crippen LogP contribution in [0.25, 0.3) is 0 Å². The van der Waals surface area contributed by atoms with Gasteiger partial charge < -0.3 is 0 Å². The Morgan fingerprint density at radius 1 is 0.571 bits per heavy atom. The number of hydrogen-bond acceptors (Lipinski definition) is 1. The lowest BCUT2D eigenvalue weighted by atomic mass is 9.84. The van der Waals surface area contributed by atoms with Gasteiger partial charge in [-0.05, 0) is 45.2 Å². The van der Waals surface area contributed by atoms with E-state index in [0.29, 0.717) is 5.54 Å². The number of unbranched alkanes of at least 4 members (excludes halogenated alkanes) is 6. The predicted octanol–water partition coefficient (Wildman–Crippen LogP) is 6.81. The van der Waals surface area contributed by atoms with Gasteiger partial charge in [0, 0.05) is 5.54 Å². The fourth-order valence-electron chi connectivity index (χ4n) is 3.75. The first-order chi connectivity index (χ1) is 10.2. The van der Waals surface area contributed by atoms with Crippen molar-refractivity contribution in [3.05, 3.63) is 0 Å². The van der Waals surface area contributed by atoms with Crippen LogP contribution in [0.3, 0.4) is 0 Å². The summed E-state index contributed by atoms with van der Waals surface area (Å²) in [5.74, 6) is 0. The van der Waals surface area contributed by atoms with E-state index in [0.717, 1.165) is 0 Å². The van der Waals surface area contributed by atoms with E-state index in [4.69, 9.17) is 0 Å². The summed E-state index contributed by atoms with van der Waals surface area (Å²) in [5.41, 5.74) is 0.482. The highest BCUT2D eigenvalue weighted by Gasteiger charge is 2.31. The van der Waals surface area contributed by atoms with E-state index in [2.05, 4.69) is 39.5 Å². The lowest BCUT2D eigenvalue weighted by Crippen LogP contribution is -2.48. The van der Waals surface area contributed by atoms with Crippen molar-refractivity contribution in [3.63, 3.8) is 0 Å². The molecule has 0 saturated heterocycles. The molecule has 0 radical (unpaired) electrons. The Labute approximate surface area is 135 Å². The van der Waals surface area contributed by atoms with Gasteiger partial charge in [0.1, 0.15) is 0 Å². The Kier molecular flexibility index (Phi) is 13.6. The topological polar surface area (TPSA) is 3.24 Å². The van der Waals surface area contributed by atoms with E-state index in [-0.39, 0.29) is 0 Å². The molecule has 0 unspecified atom stereocenters. The highest BCUT2D eigenvalue weighted by Crippen LogP contribution is 2.31. The summed E-state index contributed by atoms with van der Waals surface area (Å²) in [6.45, 7) is 14.3. The van der Waals surface area contributed by atoms with Gasteiger partial charge in [0.05, 0.1) is 0 Å². The number of rotatable bonds is 15. The van der Waals surface area contributed by atoms with Crippen molar-refractivity contribution in [2.45, 2.75) is 117 Å². The molecule has 0 rings (SSSR count). The highest BCUT2D eigenvalue weighted by molar-refractivity contribution is 4.88. The smallest absolute Gasteiger partial charge is 0.0204 e. The Balaban J connectivity index is 4.24. The van der Waals surface area contributed by atoms with Crippen LogP contribution in [0.1, 0.15) is 112 Å². The van der Waals surface area contributed by atoms with Gasteiger partial charge in [-0.15, -0.1) is 0 Å². The zero-order chi connectivity index (χ0) is 16.0. The zero-order valence-corrected chi connectivity index (χ0v) is 15.8. The van der Waals surface area contributed by atoms with Crippen LogP contribution in [-0.2, 0) is 0 Å². The van der Waals surface area contributed by atoms with Gasteiger partial charge in [-0.2, -0.15) is 0 Å². The first kappa shape index (κ1) is 21.0. The molecule has 0 fully saturated rings. The first-order valence-electron chi connectivity index (χ1n) is 9.95. The van der Waals surface area contributed by atoms with Crippen LogP contribution in [0.5, 0.6) is 0 Å². The lowest BCUT2D eigenvalue weighted by molar-refractivity contribution is 0.0660. The highest BCUT2D eigenvalue weighted by atomic mass is 15.2. The van der Waals surface area contributed by atoms with Crippen molar-refractivity contribution in [2.75, 3.05) is 13.1 Å². The summed E-state index contributed by atoms with van der Waals surface area (Å²) in [6.07, 6.45) is 16.6. The van der Waals surface area contributed by atoms with Crippen molar-refractivity contribution in [2.24, 2.45) is 0 Å². The van der Waals surface area contributed by atoms with E-state index in [1.807, 2.05) is 0 Å². The molecule has 0 heterocycles. The Hall–Kier alpha value is -0.0400. The van der Waals surface area contributed by atoms with Crippen LogP contribution in [0.15, 0.2) is 0 Å². The van der Waals surface area contributed by atoms with E-state index in [1.165, 1.54) is 90.1 Å². The largest absolute Gasteiger partial charge is 0.298 e. The van der Waals surface area contributed by atoms with Crippen molar-refractivity contribution in [1.82, 2.24) is 4.90 Å². The molecular weight excluding hydrogens is 254 g/mol. The molecule has 0 bridgehead atoms. The average molecular weight is 298 g/mol.